The number of fused-ring (bicyclic) bond motifs is 1. The molecule has 1 aromatic heterocycles. The first-order valence-corrected chi connectivity index (χ1v) is 6.72. The molecule has 106 valence electrons. The molecule has 2 aromatic carbocycles. The number of hydrogen-bond acceptors (Lipinski definition) is 3. The third-order valence-corrected chi connectivity index (χ3v) is 3.30. The first kappa shape index (κ1) is 13.2. The second-order valence-electron chi connectivity index (χ2n) is 4.76. The number of phenolic OH excluding ortho intramolecular Hbond substituents is 1. The number of imidazole rings is 1. The average Bonchev–Trinajstić information content (AvgIpc) is 3.00. The number of phenols is 1. The number of H-pyrrole nitrogens is 1. The maximum absolute atomic E-state index is 12.1. The Balaban J connectivity index is 1.72. The number of aromatic nitrogens is 2. The number of rotatable bonds is 4. The van der Waals surface area contributed by atoms with E-state index >= 15 is 0 Å². The molecule has 3 aromatic rings. The van der Waals surface area contributed by atoms with Gasteiger partial charge in [-0.25, -0.2) is 4.98 Å². The van der Waals surface area contributed by atoms with Crippen LogP contribution in [0, 0.1) is 0 Å². The Kier molecular flexibility index (Phi) is 3.55. The summed E-state index contributed by atoms with van der Waals surface area (Å²) < 4.78 is 0. The molecule has 5 heteroatoms. The standard InChI is InChI=1S/C16H15N3O2/c20-14-10-12(9-11-3-1-2-4-13(11)14)16(21)19-6-5-15-17-7-8-18-15/h1-4,7-10,20H,5-6H2,(H,17,18)(H,19,21). The lowest BCUT2D eigenvalue weighted by Gasteiger charge is -2.07. The summed E-state index contributed by atoms with van der Waals surface area (Å²) in [5, 5.41) is 14.4. The van der Waals surface area contributed by atoms with E-state index in [0.29, 0.717) is 18.5 Å². The highest BCUT2D eigenvalue weighted by atomic mass is 16.3. The number of carbonyl (C=O) groups is 1. The number of carbonyl (C=O) groups excluding carboxylic acids is 1. The summed E-state index contributed by atoms with van der Waals surface area (Å²) in [6, 6.07) is 10.7. The van der Waals surface area contributed by atoms with Gasteiger partial charge in [0.15, 0.2) is 0 Å². The maximum atomic E-state index is 12.1. The van der Waals surface area contributed by atoms with Gasteiger partial charge in [-0.1, -0.05) is 24.3 Å². The lowest BCUT2D eigenvalue weighted by molar-refractivity contribution is 0.0954. The van der Waals surface area contributed by atoms with Crippen LogP contribution in [0.3, 0.4) is 0 Å². The molecule has 0 radical (unpaired) electrons. The van der Waals surface area contributed by atoms with Crippen LogP contribution in [0.1, 0.15) is 16.2 Å². The molecule has 0 atom stereocenters. The number of amides is 1. The van der Waals surface area contributed by atoms with Crippen molar-refractivity contribution in [3.8, 4) is 5.75 Å². The van der Waals surface area contributed by atoms with Gasteiger partial charge in [-0.3, -0.25) is 4.79 Å². The number of nitrogens with one attached hydrogen (secondary N) is 2. The van der Waals surface area contributed by atoms with Gasteiger partial charge in [0.05, 0.1) is 0 Å². The smallest absolute Gasteiger partial charge is 0.251 e. The molecular formula is C16H15N3O2. The molecule has 0 bridgehead atoms. The predicted molar refractivity (Wildman–Crippen MR) is 80.2 cm³/mol. The van der Waals surface area contributed by atoms with Gasteiger partial charge >= 0.3 is 0 Å². The summed E-state index contributed by atoms with van der Waals surface area (Å²) >= 11 is 0. The van der Waals surface area contributed by atoms with Crippen LogP contribution in [0.15, 0.2) is 48.8 Å². The summed E-state index contributed by atoms with van der Waals surface area (Å²) in [6.07, 6.45) is 4.06. The Hall–Kier alpha value is -2.82. The van der Waals surface area contributed by atoms with Crippen LogP contribution in [0.2, 0.25) is 0 Å². The molecule has 0 aliphatic heterocycles. The predicted octanol–water partition coefficient (Wildman–Crippen LogP) is 2.24. The lowest BCUT2D eigenvalue weighted by Crippen LogP contribution is -2.25. The van der Waals surface area contributed by atoms with Crippen LogP contribution in [0.25, 0.3) is 10.8 Å². The van der Waals surface area contributed by atoms with Crippen molar-refractivity contribution in [2.75, 3.05) is 6.54 Å². The van der Waals surface area contributed by atoms with E-state index in [1.807, 2.05) is 24.3 Å². The molecule has 1 amide bonds. The van der Waals surface area contributed by atoms with Crippen LogP contribution in [-0.4, -0.2) is 27.5 Å². The monoisotopic (exact) mass is 281 g/mol. The Morgan fingerprint density at radius 2 is 2.14 bits per heavy atom. The molecule has 0 fully saturated rings. The third kappa shape index (κ3) is 2.86. The second-order valence-corrected chi connectivity index (χ2v) is 4.76. The Morgan fingerprint density at radius 3 is 2.95 bits per heavy atom. The molecule has 21 heavy (non-hydrogen) atoms. The van der Waals surface area contributed by atoms with Crippen molar-refractivity contribution < 1.29 is 9.90 Å². The van der Waals surface area contributed by atoms with Crippen molar-refractivity contribution in [3.05, 3.63) is 60.2 Å². The molecule has 0 saturated carbocycles. The number of nitrogens with zero attached hydrogens (tertiary/aromatic N) is 1. The van der Waals surface area contributed by atoms with E-state index in [0.717, 1.165) is 16.6 Å². The summed E-state index contributed by atoms with van der Waals surface area (Å²) in [6.45, 7) is 0.486. The van der Waals surface area contributed by atoms with Gasteiger partial charge in [-0.05, 0) is 17.5 Å². The van der Waals surface area contributed by atoms with Crippen molar-refractivity contribution in [2.45, 2.75) is 6.42 Å². The number of aromatic hydroxyl groups is 1. The summed E-state index contributed by atoms with van der Waals surface area (Å²) in [4.78, 5) is 19.2. The van der Waals surface area contributed by atoms with E-state index in [1.165, 1.54) is 6.07 Å². The fourth-order valence-electron chi connectivity index (χ4n) is 2.25. The van der Waals surface area contributed by atoms with Crippen molar-refractivity contribution in [3.63, 3.8) is 0 Å². The van der Waals surface area contributed by atoms with Crippen LogP contribution >= 0.6 is 0 Å². The zero-order valence-corrected chi connectivity index (χ0v) is 11.3. The summed E-state index contributed by atoms with van der Waals surface area (Å²) in [5.41, 5.74) is 0.450. The third-order valence-electron chi connectivity index (χ3n) is 3.30. The minimum atomic E-state index is -0.206. The maximum Gasteiger partial charge on any atom is 0.251 e. The van der Waals surface area contributed by atoms with Gasteiger partial charge in [-0.2, -0.15) is 0 Å². The van der Waals surface area contributed by atoms with Crippen molar-refractivity contribution in [2.24, 2.45) is 0 Å². The highest BCUT2D eigenvalue weighted by Gasteiger charge is 2.09. The second kappa shape index (κ2) is 5.66. The highest BCUT2D eigenvalue weighted by Crippen LogP contribution is 2.26. The Labute approximate surface area is 121 Å². The molecule has 0 spiro atoms. The van der Waals surface area contributed by atoms with E-state index < -0.39 is 0 Å². The first-order valence-electron chi connectivity index (χ1n) is 6.72. The largest absolute Gasteiger partial charge is 0.507 e. The lowest BCUT2D eigenvalue weighted by atomic mass is 10.1. The minimum absolute atomic E-state index is 0.115. The molecule has 1 heterocycles. The number of hydrogen-bond donors (Lipinski definition) is 3. The van der Waals surface area contributed by atoms with Crippen molar-refractivity contribution in [1.29, 1.82) is 0 Å². The average molecular weight is 281 g/mol. The zero-order valence-electron chi connectivity index (χ0n) is 11.3. The topological polar surface area (TPSA) is 78.0 Å². The molecule has 3 N–H and O–H groups in total. The fourth-order valence-corrected chi connectivity index (χ4v) is 2.25. The SMILES string of the molecule is O=C(NCCc1ncc[nH]1)c1cc(O)c2ccccc2c1. The molecule has 0 aliphatic carbocycles. The van der Waals surface area contributed by atoms with Crippen molar-refractivity contribution in [1.82, 2.24) is 15.3 Å². The van der Waals surface area contributed by atoms with Gasteiger partial charge in [0.2, 0.25) is 0 Å². The van der Waals surface area contributed by atoms with E-state index in [2.05, 4.69) is 15.3 Å². The summed E-state index contributed by atoms with van der Waals surface area (Å²) in [7, 11) is 0. The molecule has 0 aliphatic rings. The van der Waals surface area contributed by atoms with E-state index in [1.54, 1.807) is 18.5 Å². The van der Waals surface area contributed by atoms with Crippen LogP contribution < -0.4 is 5.32 Å². The Bertz CT molecular complexity index is 766. The van der Waals surface area contributed by atoms with Crippen LogP contribution in [-0.2, 0) is 6.42 Å². The number of benzene rings is 2. The number of aromatic amines is 1. The van der Waals surface area contributed by atoms with Gasteiger partial charge in [0.25, 0.3) is 5.91 Å². The molecule has 3 rings (SSSR count). The van der Waals surface area contributed by atoms with E-state index in [9.17, 15) is 9.90 Å². The fraction of sp³-hybridized carbons (Fsp3) is 0.125. The van der Waals surface area contributed by atoms with Crippen molar-refractivity contribution >= 4 is 16.7 Å². The first-order chi connectivity index (χ1) is 10.2. The molecule has 0 saturated heterocycles. The molecular weight excluding hydrogens is 266 g/mol. The van der Waals surface area contributed by atoms with E-state index in [-0.39, 0.29) is 11.7 Å². The van der Waals surface area contributed by atoms with Crippen LogP contribution in [0.4, 0.5) is 0 Å². The quantitative estimate of drug-likeness (QED) is 0.686. The van der Waals surface area contributed by atoms with Gasteiger partial charge < -0.3 is 15.4 Å². The minimum Gasteiger partial charge on any atom is -0.507 e. The summed E-state index contributed by atoms with van der Waals surface area (Å²) in [5.74, 6) is 0.739. The highest BCUT2D eigenvalue weighted by molar-refractivity contribution is 6.00. The van der Waals surface area contributed by atoms with Gasteiger partial charge in [-0.15, -0.1) is 0 Å². The Morgan fingerprint density at radius 1 is 1.29 bits per heavy atom. The van der Waals surface area contributed by atoms with Crippen LogP contribution in [0.5, 0.6) is 5.75 Å². The molecule has 0 unspecified atom stereocenters. The zero-order chi connectivity index (χ0) is 14.7. The van der Waals surface area contributed by atoms with Gasteiger partial charge in [0.1, 0.15) is 11.6 Å². The van der Waals surface area contributed by atoms with E-state index in [4.69, 9.17) is 0 Å². The molecule has 5 nitrogen and oxygen atoms in total. The van der Waals surface area contributed by atoms with Gasteiger partial charge in [0, 0.05) is 36.3 Å². The normalized spacial score (nSPS) is 10.7.